The van der Waals surface area contributed by atoms with E-state index in [0.717, 1.165) is 22.6 Å². The van der Waals surface area contributed by atoms with Crippen molar-refractivity contribution in [3.63, 3.8) is 0 Å². The monoisotopic (exact) mass is 359 g/mol. The Labute approximate surface area is 160 Å². The van der Waals surface area contributed by atoms with Crippen molar-refractivity contribution in [2.75, 3.05) is 10.6 Å². The van der Waals surface area contributed by atoms with E-state index in [1.807, 2.05) is 30.3 Å². The molecule has 1 aliphatic rings. The van der Waals surface area contributed by atoms with Gasteiger partial charge in [0.1, 0.15) is 5.82 Å². The number of aromatic nitrogens is 3. The fraction of sp³-hybridized carbons (Fsp3) is 0.318. The van der Waals surface area contributed by atoms with Crippen molar-refractivity contribution >= 4 is 11.8 Å². The fourth-order valence-corrected chi connectivity index (χ4v) is 3.49. The normalized spacial score (nSPS) is 14.7. The van der Waals surface area contributed by atoms with Crippen LogP contribution in [0.25, 0.3) is 11.3 Å². The second-order valence-corrected chi connectivity index (χ2v) is 7.02. The molecule has 138 valence electrons. The Kier molecular flexibility index (Phi) is 5.58. The SMILES string of the molecule is c1ccc(-c2cc(NC3CCCCC3)nc(NCc3ccncc3)n2)cc1. The number of hydrogen-bond donors (Lipinski definition) is 2. The van der Waals surface area contributed by atoms with Crippen molar-refractivity contribution in [2.45, 2.75) is 44.7 Å². The van der Waals surface area contributed by atoms with Gasteiger partial charge in [-0.05, 0) is 30.5 Å². The summed E-state index contributed by atoms with van der Waals surface area (Å²) in [6.45, 7) is 0.670. The molecule has 0 spiro atoms. The first-order valence-electron chi connectivity index (χ1n) is 9.71. The Bertz CT molecular complexity index is 845. The molecule has 1 fully saturated rings. The van der Waals surface area contributed by atoms with Crippen LogP contribution in [0.5, 0.6) is 0 Å². The molecule has 2 aromatic heterocycles. The van der Waals surface area contributed by atoms with Crippen LogP contribution in [0.15, 0.2) is 60.9 Å². The van der Waals surface area contributed by atoms with Crippen molar-refractivity contribution in [1.82, 2.24) is 15.0 Å². The van der Waals surface area contributed by atoms with Crippen LogP contribution in [0.4, 0.5) is 11.8 Å². The van der Waals surface area contributed by atoms with Gasteiger partial charge in [0.15, 0.2) is 0 Å². The Balaban J connectivity index is 1.57. The predicted molar refractivity (Wildman–Crippen MR) is 110 cm³/mol. The van der Waals surface area contributed by atoms with Crippen LogP contribution >= 0.6 is 0 Å². The maximum Gasteiger partial charge on any atom is 0.225 e. The standard InChI is InChI=1S/C22H25N5/c1-3-7-18(8-4-1)20-15-21(25-19-9-5-2-6-10-19)27-22(26-20)24-16-17-11-13-23-14-12-17/h1,3-4,7-8,11-15,19H,2,5-6,9-10,16H2,(H2,24,25,26,27). The minimum atomic E-state index is 0.505. The third kappa shape index (κ3) is 4.82. The van der Waals surface area contributed by atoms with E-state index < -0.39 is 0 Å². The van der Waals surface area contributed by atoms with Gasteiger partial charge >= 0.3 is 0 Å². The van der Waals surface area contributed by atoms with Gasteiger partial charge < -0.3 is 10.6 Å². The first-order chi connectivity index (χ1) is 13.4. The molecule has 0 saturated heterocycles. The van der Waals surface area contributed by atoms with Gasteiger partial charge in [-0.2, -0.15) is 4.98 Å². The van der Waals surface area contributed by atoms with Gasteiger partial charge in [0.05, 0.1) is 5.69 Å². The number of nitrogens with zero attached hydrogens (tertiary/aromatic N) is 3. The van der Waals surface area contributed by atoms with Gasteiger partial charge in [0.25, 0.3) is 0 Å². The van der Waals surface area contributed by atoms with Crippen molar-refractivity contribution < 1.29 is 0 Å². The molecule has 3 aromatic rings. The number of benzene rings is 1. The maximum absolute atomic E-state index is 4.73. The summed E-state index contributed by atoms with van der Waals surface area (Å²) in [6.07, 6.45) is 9.95. The van der Waals surface area contributed by atoms with E-state index >= 15 is 0 Å². The Hall–Kier alpha value is -2.95. The lowest BCUT2D eigenvalue weighted by Gasteiger charge is -2.23. The van der Waals surface area contributed by atoms with E-state index in [9.17, 15) is 0 Å². The van der Waals surface area contributed by atoms with Gasteiger partial charge in [0, 0.05) is 36.6 Å². The Morgan fingerprint density at radius 2 is 1.67 bits per heavy atom. The van der Waals surface area contributed by atoms with Crippen LogP contribution in [-0.4, -0.2) is 21.0 Å². The highest BCUT2D eigenvalue weighted by Gasteiger charge is 2.15. The summed E-state index contributed by atoms with van der Waals surface area (Å²) >= 11 is 0. The second-order valence-electron chi connectivity index (χ2n) is 7.02. The molecule has 0 bridgehead atoms. The van der Waals surface area contributed by atoms with Crippen LogP contribution in [0.1, 0.15) is 37.7 Å². The lowest BCUT2D eigenvalue weighted by Crippen LogP contribution is -2.23. The lowest BCUT2D eigenvalue weighted by molar-refractivity contribution is 0.462. The summed E-state index contributed by atoms with van der Waals surface area (Å²) < 4.78 is 0. The molecular formula is C22H25N5. The molecule has 0 amide bonds. The van der Waals surface area contributed by atoms with Gasteiger partial charge in [0.2, 0.25) is 5.95 Å². The predicted octanol–water partition coefficient (Wildman–Crippen LogP) is 4.90. The summed E-state index contributed by atoms with van der Waals surface area (Å²) in [7, 11) is 0. The topological polar surface area (TPSA) is 62.7 Å². The minimum Gasteiger partial charge on any atom is -0.367 e. The molecule has 0 unspecified atom stereocenters. The molecule has 2 N–H and O–H groups in total. The highest BCUT2D eigenvalue weighted by Crippen LogP contribution is 2.25. The molecule has 4 rings (SSSR count). The van der Waals surface area contributed by atoms with Crippen LogP contribution < -0.4 is 10.6 Å². The zero-order valence-corrected chi connectivity index (χ0v) is 15.4. The third-order valence-corrected chi connectivity index (χ3v) is 4.95. The van der Waals surface area contributed by atoms with E-state index in [1.54, 1.807) is 12.4 Å². The van der Waals surface area contributed by atoms with E-state index in [-0.39, 0.29) is 0 Å². The van der Waals surface area contributed by atoms with Gasteiger partial charge in [-0.25, -0.2) is 4.98 Å². The molecule has 5 nitrogen and oxygen atoms in total. The van der Waals surface area contributed by atoms with Crippen LogP contribution in [0.3, 0.4) is 0 Å². The first-order valence-corrected chi connectivity index (χ1v) is 9.71. The van der Waals surface area contributed by atoms with Gasteiger partial charge in [-0.15, -0.1) is 0 Å². The molecule has 1 aliphatic carbocycles. The van der Waals surface area contributed by atoms with Crippen LogP contribution in [-0.2, 0) is 6.54 Å². The summed E-state index contributed by atoms with van der Waals surface area (Å²) in [4.78, 5) is 13.5. The van der Waals surface area contributed by atoms with Gasteiger partial charge in [-0.3, -0.25) is 4.98 Å². The largest absolute Gasteiger partial charge is 0.367 e. The zero-order chi connectivity index (χ0) is 18.3. The maximum atomic E-state index is 4.73. The number of nitrogens with one attached hydrogen (secondary N) is 2. The Morgan fingerprint density at radius 1 is 0.889 bits per heavy atom. The molecule has 1 aromatic carbocycles. The quantitative estimate of drug-likeness (QED) is 0.656. The number of pyridine rings is 1. The van der Waals surface area contributed by atoms with E-state index in [1.165, 1.54) is 32.1 Å². The van der Waals surface area contributed by atoms with Crippen molar-refractivity contribution in [3.8, 4) is 11.3 Å². The molecule has 0 atom stereocenters. The highest BCUT2D eigenvalue weighted by molar-refractivity contribution is 5.64. The summed E-state index contributed by atoms with van der Waals surface area (Å²) in [6, 6.07) is 16.8. The summed E-state index contributed by atoms with van der Waals surface area (Å²) in [5.41, 5.74) is 3.18. The number of rotatable bonds is 6. The second kappa shape index (κ2) is 8.62. The van der Waals surface area contributed by atoms with Crippen molar-refractivity contribution in [3.05, 3.63) is 66.5 Å². The molecule has 1 saturated carbocycles. The molecule has 0 aliphatic heterocycles. The van der Waals surface area contributed by atoms with Crippen molar-refractivity contribution in [2.24, 2.45) is 0 Å². The fourth-order valence-electron chi connectivity index (χ4n) is 3.49. The highest BCUT2D eigenvalue weighted by atomic mass is 15.1. The first kappa shape index (κ1) is 17.5. The summed E-state index contributed by atoms with van der Waals surface area (Å²) in [5, 5.41) is 6.99. The van der Waals surface area contributed by atoms with E-state index in [4.69, 9.17) is 9.97 Å². The lowest BCUT2D eigenvalue weighted by atomic mass is 9.95. The van der Waals surface area contributed by atoms with E-state index in [0.29, 0.717) is 18.5 Å². The average Bonchev–Trinajstić information content (AvgIpc) is 2.74. The van der Waals surface area contributed by atoms with Crippen LogP contribution in [0.2, 0.25) is 0 Å². The van der Waals surface area contributed by atoms with E-state index in [2.05, 4.69) is 33.8 Å². The number of anilines is 2. The van der Waals surface area contributed by atoms with Crippen LogP contribution in [0, 0.1) is 0 Å². The smallest absolute Gasteiger partial charge is 0.225 e. The van der Waals surface area contributed by atoms with Crippen molar-refractivity contribution in [1.29, 1.82) is 0 Å². The Morgan fingerprint density at radius 3 is 2.44 bits per heavy atom. The molecular weight excluding hydrogens is 334 g/mol. The molecule has 2 heterocycles. The average molecular weight is 359 g/mol. The number of hydrogen-bond acceptors (Lipinski definition) is 5. The van der Waals surface area contributed by atoms with Gasteiger partial charge in [-0.1, -0.05) is 49.6 Å². The minimum absolute atomic E-state index is 0.505. The molecule has 5 heteroatoms. The zero-order valence-electron chi connectivity index (χ0n) is 15.4. The molecule has 27 heavy (non-hydrogen) atoms. The third-order valence-electron chi connectivity index (χ3n) is 4.95. The molecule has 0 radical (unpaired) electrons. The summed E-state index contributed by atoms with van der Waals surface area (Å²) in [5.74, 6) is 1.54.